The molecule has 1 aliphatic heterocycles. The number of hydrogen-bond acceptors (Lipinski definition) is 4. The number of hydrogen-bond donors (Lipinski definition) is 2. The Morgan fingerprint density at radius 2 is 1.93 bits per heavy atom. The van der Waals surface area contributed by atoms with E-state index in [1.807, 2.05) is 13.1 Å². The largest absolute Gasteiger partial charge is 0.454 e. The summed E-state index contributed by atoms with van der Waals surface area (Å²) >= 11 is 0. The summed E-state index contributed by atoms with van der Waals surface area (Å²) in [5, 5.41) is 6.84. The van der Waals surface area contributed by atoms with E-state index in [2.05, 4.69) is 34.7 Å². The monoisotopic (exact) mass is 489 g/mol. The first kappa shape index (κ1) is 22.1. The number of halogens is 1. The second-order valence-corrected chi connectivity index (χ2v) is 7.02. The number of nitrogens with zero attached hydrogens (tertiary/aromatic N) is 1. The van der Waals surface area contributed by atoms with Crippen molar-refractivity contribution in [2.24, 2.45) is 4.99 Å². The zero-order chi connectivity index (χ0) is 18.2. The summed E-state index contributed by atoms with van der Waals surface area (Å²) in [4.78, 5) is 4.33. The van der Waals surface area contributed by atoms with Crippen molar-refractivity contribution >= 4 is 29.9 Å². The molecule has 2 N–H and O–H groups in total. The minimum Gasteiger partial charge on any atom is -0.454 e. The third kappa shape index (κ3) is 6.14. The van der Waals surface area contributed by atoms with Crippen LogP contribution in [0.25, 0.3) is 0 Å². The van der Waals surface area contributed by atoms with E-state index in [-0.39, 0.29) is 29.4 Å². The smallest absolute Gasteiger partial charge is 0.231 e. The number of rotatable bonds is 10. The lowest BCUT2D eigenvalue weighted by Crippen LogP contribution is -2.41. The van der Waals surface area contributed by atoms with E-state index >= 15 is 0 Å². The molecule has 0 saturated heterocycles. The van der Waals surface area contributed by atoms with Gasteiger partial charge in [0.15, 0.2) is 17.5 Å². The minimum absolute atomic E-state index is 0. The van der Waals surface area contributed by atoms with E-state index in [4.69, 9.17) is 14.2 Å². The lowest BCUT2D eigenvalue weighted by atomic mass is 9.95. The maximum absolute atomic E-state index is 5.59. The van der Waals surface area contributed by atoms with Crippen molar-refractivity contribution < 1.29 is 14.2 Å². The van der Waals surface area contributed by atoms with Crippen LogP contribution in [0.3, 0.4) is 0 Å². The van der Waals surface area contributed by atoms with Crippen LogP contribution in [0, 0.1) is 0 Å². The second-order valence-electron chi connectivity index (χ2n) is 7.02. The van der Waals surface area contributed by atoms with E-state index in [9.17, 15) is 0 Å². The fraction of sp³-hybridized carbons (Fsp3) is 0.650. The summed E-state index contributed by atoms with van der Waals surface area (Å²) in [5.41, 5.74) is 1.50. The number of fused-ring (bicyclic) bond motifs is 1. The SMILES string of the molecule is CCCCOCCCNC(=NC)NCC1(c2ccc3c(c2)OCO3)CC1.I. The van der Waals surface area contributed by atoms with Crippen LogP contribution in [0.4, 0.5) is 0 Å². The van der Waals surface area contributed by atoms with Gasteiger partial charge in [-0.05, 0) is 43.4 Å². The predicted molar refractivity (Wildman–Crippen MR) is 119 cm³/mol. The first-order valence-corrected chi connectivity index (χ1v) is 9.70. The highest BCUT2D eigenvalue weighted by atomic mass is 127. The molecule has 0 spiro atoms. The number of ether oxygens (including phenoxy) is 3. The van der Waals surface area contributed by atoms with Crippen LogP contribution >= 0.6 is 24.0 Å². The molecule has 6 nitrogen and oxygen atoms in total. The maximum atomic E-state index is 5.59. The molecular formula is C20H32IN3O3. The third-order valence-electron chi connectivity index (χ3n) is 5.06. The molecule has 7 heteroatoms. The van der Waals surface area contributed by atoms with Crippen LogP contribution < -0.4 is 20.1 Å². The van der Waals surface area contributed by atoms with Gasteiger partial charge in [0.1, 0.15) is 0 Å². The Kier molecular flexibility index (Phi) is 8.95. The van der Waals surface area contributed by atoms with Crippen molar-refractivity contribution in [1.29, 1.82) is 0 Å². The van der Waals surface area contributed by atoms with Gasteiger partial charge in [-0.1, -0.05) is 19.4 Å². The molecule has 0 bridgehead atoms. The Labute approximate surface area is 179 Å². The van der Waals surface area contributed by atoms with Gasteiger partial charge in [0, 0.05) is 38.8 Å². The number of benzene rings is 1. The average molecular weight is 489 g/mol. The average Bonchev–Trinajstić information content (AvgIpc) is 3.31. The number of aliphatic imine (C=N–C) groups is 1. The van der Waals surface area contributed by atoms with Gasteiger partial charge in [0.2, 0.25) is 6.79 Å². The molecule has 0 aromatic heterocycles. The Bertz CT molecular complexity index is 620. The number of nitrogens with one attached hydrogen (secondary N) is 2. The lowest BCUT2D eigenvalue weighted by Gasteiger charge is -2.19. The van der Waals surface area contributed by atoms with Crippen molar-refractivity contribution in [3.05, 3.63) is 23.8 Å². The Hall–Kier alpha value is -1.22. The van der Waals surface area contributed by atoms with Crippen molar-refractivity contribution in [1.82, 2.24) is 10.6 Å². The molecule has 1 heterocycles. The molecule has 1 aliphatic carbocycles. The summed E-state index contributed by atoms with van der Waals surface area (Å²) in [6, 6.07) is 6.30. The van der Waals surface area contributed by atoms with Crippen LogP contribution in [0.5, 0.6) is 11.5 Å². The lowest BCUT2D eigenvalue weighted by molar-refractivity contribution is 0.129. The molecule has 1 aromatic carbocycles. The Balaban J connectivity index is 0.00000261. The summed E-state index contributed by atoms with van der Waals surface area (Å²) in [7, 11) is 1.81. The molecule has 1 saturated carbocycles. The zero-order valence-electron chi connectivity index (χ0n) is 16.4. The highest BCUT2D eigenvalue weighted by Crippen LogP contribution is 2.49. The number of unbranched alkanes of at least 4 members (excludes halogenated alkanes) is 1. The zero-order valence-corrected chi connectivity index (χ0v) is 18.7. The van der Waals surface area contributed by atoms with Crippen LogP contribution in [0.15, 0.2) is 23.2 Å². The molecule has 27 heavy (non-hydrogen) atoms. The van der Waals surface area contributed by atoms with Gasteiger partial charge in [0.05, 0.1) is 0 Å². The molecule has 1 fully saturated rings. The Morgan fingerprint density at radius 3 is 2.67 bits per heavy atom. The highest BCUT2D eigenvalue weighted by Gasteiger charge is 2.44. The minimum atomic E-state index is 0. The van der Waals surface area contributed by atoms with Gasteiger partial charge >= 0.3 is 0 Å². The third-order valence-corrected chi connectivity index (χ3v) is 5.06. The normalized spacial score (nSPS) is 16.6. The molecule has 3 rings (SSSR count). The van der Waals surface area contributed by atoms with E-state index in [0.717, 1.165) is 56.6 Å². The molecular weight excluding hydrogens is 457 g/mol. The van der Waals surface area contributed by atoms with Gasteiger partial charge in [-0.3, -0.25) is 4.99 Å². The van der Waals surface area contributed by atoms with E-state index in [0.29, 0.717) is 6.79 Å². The first-order valence-electron chi connectivity index (χ1n) is 9.70. The summed E-state index contributed by atoms with van der Waals surface area (Å²) in [6.07, 6.45) is 5.67. The van der Waals surface area contributed by atoms with Gasteiger partial charge < -0.3 is 24.8 Å². The fourth-order valence-corrected chi connectivity index (χ4v) is 3.15. The molecule has 1 aromatic rings. The van der Waals surface area contributed by atoms with Crippen LogP contribution in [-0.4, -0.2) is 46.1 Å². The first-order chi connectivity index (χ1) is 12.8. The van der Waals surface area contributed by atoms with Crippen molar-refractivity contribution in [2.75, 3.05) is 40.1 Å². The van der Waals surface area contributed by atoms with E-state index < -0.39 is 0 Å². The van der Waals surface area contributed by atoms with E-state index in [1.54, 1.807) is 0 Å². The van der Waals surface area contributed by atoms with Crippen LogP contribution in [0.2, 0.25) is 0 Å². The molecule has 0 atom stereocenters. The van der Waals surface area contributed by atoms with Crippen molar-refractivity contribution in [3.8, 4) is 11.5 Å². The van der Waals surface area contributed by atoms with Crippen LogP contribution in [-0.2, 0) is 10.2 Å². The molecule has 0 amide bonds. The molecule has 0 radical (unpaired) electrons. The van der Waals surface area contributed by atoms with Gasteiger partial charge in [0.25, 0.3) is 0 Å². The fourth-order valence-electron chi connectivity index (χ4n) is 3.15. The second kappa shape index (κ2) is 10.9. The summed E-state index contributed by atoms with van der Waals surface area (Å²) in [6.45, 7) is 5.90. The van der Waals surface area contributed by atoms with Gasteiger partial charge in [-0.2, -0.15) is 0 Å². The maximum Gasteiger partial charge on any atom is 0.231 e. The van der Waals surface area contributed by atoms with Crippen molar-refractivity contribution in [3.63, 3.8) is 0 Å². The standard InChI is InChI=1S/C20H31N3O3.HI/c1-3-4-11-24-12-5-10-22-19(21-2)23-14-20(8-9-20)16-6-7-17-18(13-16)26-15-25-17;/h6-7,13H,3-5,8-12,14-15H2,1-2H3,(H2,21,22,23);1H. The molecule has 152 valence electrons. The highest BCUT2D eigenvalue weighted by molar-refractivity contribution is 14.0. The number of guanidine groups is 1. The summed E-state index contributed by atoms with van der Waals surface area (Å²) in [5.74, 6) is 2.56. The Morgan fingerprint density at radius 1 is 1.15 bits per heavy atom. The van der Waals surface area contributed by atoms with Crippen molar-refractivity contribution in [2.45, 2.75) is 44.4 Å². The predicted octanol–water partition coefficient (Wildman–Crippen LogP) is 3.44. The van der Waals surface area contributed by atoms with E-state index in [1.165, 1.54) is 24.8 Å². The summed E-state index contributed by atoms with van der Waals surface area (Å²) < 4.78 is 16.5. The van der Waals surface area contributed by atoms with Gasteiger partial charge in [-0.25, -0.2) is 0 Å². The molecule has 2 aliphatic rings. The molecule has 0 unspecified atom stereocenters. The topological polar surface area (TPSA) is 64.1 Å². The van der Waals surface area contributed by atoms with Crippen LogP contribution in [0.1, 0.15) is 44.6 Å². The quantitative estimate of drug-likeness (QED) is 0.228. The van der Waals surface area contributed by atoms with Gasteiger partial charge in [-0.15, -0.1) is 24.0 Å².